The second-order valence-electron chi connectivity index (χ2n) is 6.65. The Kier molecular flexibility index (Phi) is 7.83. The van der Waals surface area contributed by atoms with E-state index in [2.05, 4.69) is 5.32 Å². The molecule has 5 nitrogen and oxygen atoms in total. The van der Waals surface area contributed by atoms with Crippen molar-refractivity contribution >= 4 is 27.5 Å². The highest BCUT2D eigenvalue weighted by molar-refractivity contribution is 7.88. The summed E-state index contributed by atoms with van der Waals surface area (Å²) in [6, 6.07) is 16.9. The summed E-state index contributed by atoms with van der Waals surface area (Å²) in [5, 5.41) is 3.46. The van der Waals surface area contributed by atoms with Gasteiger partial charge in [0, 0.05) is 17.6 Å². The molecular weight excluding hydrogens is 384 g/mol. The van der Waals surface area contributed by atoms with E-state index in [0.717, 1.165) is 29.0 Å². The van der Waals surface area contributed by atoms with Crippen LogP contribution in [0.4, 0.5) is 0 Å². The van der Waals surface area contributed by atoms with Gasteiger partial charge in [-0.2, -0.15) is 4.31 Å². The first kappa shape index (κ1) is 21.4. The Labute approximate surface area is 166 Å². The summed E-state index contributed by atoms with van der Waals surface area (Å²) in [4.78, 5) is 12.3. The van der Waals surface area contributed by atoms with Crippen LogP contribution in [0.2, 0.25) is 5.02 Å². The van der Waals surface area contributed by atoms with E-state index < -0.39 is 10.0 Å². The van der Waals surface area contributed by atoms with Crippen LogP contribution in [0.25, 0.3) is 0 Å². The predicted octanol–water partition coefficient (Wildman–Crippen LogP) is 3.24. The van der Waals surface area contributed by atoms with E-state index in [0.29, 0.717) is 5.02 Å². The van der Waals surface area contributed by atoms with Crippen molar-refractivity contribution in [2.24, 2.45) is 0 Å². The van der Waals surface area contributed by atoms with Crippen molar-refractivity contribution in [3.8, 4) is 0 Å². The summed E-state index contributed by atoms with van der Waals surface area (Å²) in [6.45, 7) is 1.84. The van der Waals surface area contributed by atoms with E-state index in [1.807, 2.05) is 37.3 Å². The fourth-order valence-electron chi connectivity index (χ4n) is 2.66. The predicted molar refractivity (Wildman–Crippen MR) is 109 cm³/mol. The van der Waals surface area contributed by atoms with Crippen LogP contribution in [-0.2, 0) is 27.8 Å². The molecule has 27 heavy (non-hydrogen) atoms. The zero-order valence-corrected chi connectivity index (χ0v) is 17.1. The van der Waals surface area contributed by atoms with Gasteiger partial charge < -0.3 is 5.32 Å². The molecule has 0 aromatic heterocycles. The lowest BCUT2D eigenvalue weighted by Crippen LogP contribution is -2.42. The second kappa shape index (κ2) is 9.88. The smallest absolute Gasteiger partial charge is 0.235 e. The van der Waals surface area contributed by atoms with Crippen LogP contribution in [-0.4, -0.2) is 37.5 Å². The van der Waals surface area contributed by atoms with E-state index in [9.17, 15) is 13.2 Å². The van der Waals surface area contributed by atoms with Gasteiger partial charge in [0.1, 0.15) is 0 Å². The number of nitrogens with zero attached hydrogens (tertiary/aromatic N) is 1. The van der Waals surface area contributed by atoms with Crippen LogP contribution in [0.3, 0.4) is 0 Å². The molecule has 0 saturated carbocycles. The largest absolute Gasteiger partial charge is 0.352 e. The summed E-state index contributed by atoms with van der Waals surface area (Å²) >= 11 is 5.86. The van der Waals surface area contributed by atoms with Crippen molar-refractivity contribution in [1.82, 2.24) is 9.62 Å². The molecule has 1 amide bonds. The normalized spacial score (nSPS) is 12.7. The van der Waals surface area contributed by atoms with E-state index in [-0.39, 0.29) is 25.0 Å². The third-order valence-electron chi connectivity index (χ3n) is 4.18. The number of benzene rings is 2. The van der Waals surface area contributed by atoms with Gasteiger partial charge in [0.05, 0.1) is 12.8 Å². The Hall–Kier alpha value is -1.89. The van der Waals surface area contributed by atoms with Gasteiger partial charge in [0.25, 0.3) is 0 Å². The van der Waals surface area contributed by atoms with Gasteiger partial charge in [-0.3, -0.25) is 4.79 Å². The third kappa shape index (κ3) is 7.71. The van der Waals surface area contributed by atoms with Crippen LogP contribution in [0.5, 0.6) is 0 Å². The van der Waals surface area contributed by atoms with Gasteiger partial charge in [0.2, 0.25) is 15.9 Å². The first-order valence-electron chi connectivity index (χ1n) is 8.77. The molecular formula is C20H25ClN2O3S. The molecule has 1 N–H and O–H groups in total. The Morgan fingerprint density at radius 1 is 1.07 bits per heavy atom. The van der Waals surface area contributed by atoms with Crippen molar-refractivity contribution in [3.05, 3.63) is 70.7 Å². The molecule has 0 aliphatic carbocycles. The number of sulfonamides is 1. The molecule has 0 radical (unpaired) electrons. The number of halogens is 1. The Morgan fingerprint density at radius 2 is 1.70 bits per heavy atom. The number of hydrogen-bond donors (Lipinski definition) is 1. The highest BCUT2D eigenvalue weighted by atomic mass is 35.5. The molecule has 0 heterocycles. The monoisotopic (exact) mass is 408 g/mol. The van der Waals surface area contributed by atoms with Crippen molar-refractivity contribution in [1.29, 1.82) is 0 Å². The molecule has 2 aromatic carbocycles. The van der Waals surface area contributed by atoms with Gasteiger partial charge in [-0.1, -0.05) is 54.1 Å². The van der Waals surface area contributed by atoms with Gasteiger partial charge in [-0.25, -0.2) is 8.42 Å². The molecule has 2 rings (SSSR count). The maximum Gasteiger partial charge on any atom is 0.235 e. The van der Waals surface area contributed by atoms with E-state index in [1.165, 1.54) is 5.56 Å². The molecule has 0 fully saturated rings. The number of rotatable bonds is 9. The minimum atomic E-state index is -3.52. The van der Waals surface area contributed by atoms with Crippen molar-refractivity contribution in [2.45, 2.75) is 32.4 Å². The summed E-state index contributed by atoms with van der Waals surface area (Å²) in [7, 11) is -3.52. The van der Waals surface area contributed by atoms with Crippen LogP contribution >= 0.6 is 11.6 Å². The number of amides is 1. The number of carbonyl (C=O) groups is 1. The Bertz CT molecular complexity index is 839. The highest BCUT2D eigenvalue weighted by Gasteiger charge is 2.21. The molecule has 7 heteroatoms. The van der Waals surface area contributed by atoms with Crippen LogP contribution in [0.15, 0.2) is 54.6 Å². The lowest BCUT2D eigenvalue weighted by Gasteiger charge is -2.21. The Balaban J connectivity index is 1.90. The lowest BCUT2D eigenvalue weighted by molar-refractivity contribution is -0.122. The standard InChI is InChI=1S/C20H25ClN2O3S/c1-16(8-9-17-6-4-3-5-7-17)22-20(24)15-23(27(2,25)26)14-18-10-12-19(21)13-11-18/h3-7,10-13,16H,8-9,14-15H2,1-2H3,(H,22,24)/t16-/m0/s1. The zero-order valence-electron chi connectivity index (χ0n) is 15.6. The van der Waals surface area contributed by atoms with Crippen molar-refractivity contribution < 1.29 is 13.2 Å². The molecule has 0 saturated heterocycles. The number of aryl methyl sites for hydroxylation is 1. The van der Waals surface area contributed by atoms with Crippen LogP contribution < -0.4 is 5.32 Å². The first-order chi connectivity index (χ1) is 12.7. The first-order valence-corrected chi connectivity index (χ1v) is 11.0. The average molecular weight is 409 g/mol. The molecule has 0 aliphatic heterocycles. The van der Waals surface area contributed by atoms with Crippen molar-refractivity contribution in [3.63, 3.8) is 0 Å². The topological polar surface area (TPSA) is 66.5 Å². The molecule has 0 aliphatic rings. The molecule has 1 atom stereocenters. The van der Waals surface area contributed by atoms with Crippen molar-refractivity contribution in [2.75, 3.05) is 12.8 Å². The second-order valence-corrected chi connectivity index (χ2v) is 9.07. The van der Waals surface area contributed by atoms with Gasteiger partial charge in [0.15, 0.2) is 0 Å². The molecule has 0 bridgehead atoms. The summed E-state index contributed by atoms with van der Waals surface area (Å²) in [5.74, 6) is -0.310. The number of hydrogen-bond acceptors (Lipinski definition) is 3. The summed E-state index contributed by atoms with van der Waals surface area (Å²) in [6.07, 6.45) is 2.74. The Morgan fingerprint density at radius 3 is 2.30 bits per heavy atom. The van der Waals surface area contributed by atoms with Crippen LogP contribution in [0.1, 0.15) is 24.5 Å². The van der Waals surface area contributed by atoms with Gasteiger partial charge >= 0.3 is 0 Å². The van der Waals surface area contributed by atoms with Gasteiger partial charge in [-0.05, 0) is 43.0 Å². The SMILES string of the molecule is C[C@@H](CCc1ccccc1)NC(=O)CN(Cc1ccc(Cl)cc1)S(C)(=O)=O. The van der Waals surface area contributed by atoms with Crippen LogP contribution in [0, 0.1) is 0 Å². The van der Waals surface area contributed by atoms with Gasteiger partial charge in [-0.15, -0.1) is 0 Å². The number of nitrogens with one attached hydrogen (secondary N) is 1. The maximum atomic E-state index is 12.3. The molecule has 0 unspecified atom stereocenters. The lowest BCUT2D eigenvalue weighted by atomic mass is 10.1. The minimum absolute atomic E-state index is 0.0466. The highest BCUT2D eigenvalue weighted by Crippen LogP contribution is 2.13. The summed E-state index contributed by atoms with van der Waals surface area (Å²) < 4.78 is 25.3. The zero-order chi connectivity index (χ0) is 19.9. The summed E-state index contributed by atoms with van der Waals surface area (Å²) in [5.41, 5.74) is 1.98. The average Bonchev–Trinajstić information content (AvgIpc) is 2.61. The molecule has 2 aromatic rings. The fraction of sp³-hybridized carbons (Fsp3) is 0.350. The quantitative estimate of drug-likeness (QED) is 0.692. The number of carbonyl (C=O) groups excluding carboxylic acids is 1. The molecule has 0 spiro atoms. The maximum absolute atomic E-state index is 12.3. The molecule has 146 valence electrons. The van der Waals surface area contributed by atoms with E-state index in [1.54, 1.807) is 24.3 Å². The fourth-order valence-corrected chi connectivity index (χ4v) is 3.53. The third-order valence-corrected chi connectivity index (χ3v) is 5.63. The van der Waals surface area contributed by atoms with E-state index >= 15 is 0 Å². The van der Waals surface area contributed by atoms with E-state index in [4.69, 9.17) is 11.6 Å². The minimum Gasteiger partial charge on any atom is -0.352 e.